The van der Waals surface area contributed by atoms with Gasteiger partial charge in [-0.1, -0.05) is 26.2 Å². The minimum atomic E-state index is -1.07. The molecule has 0 aromatic heterocycles. The van der Waals surface area contributed by atoms with E-state index in [-0.39, 0.29) is 0 Å². The topological polar surface area (TPSA) is 43.1 Å². The van der Waals surface area contributed by atoms with Crippen LogP contribution < -0.4 is 5.14 Å². The van der Waals surface area contributed by atoms with Crippen LogP contribution in [0.1, 0.15) is 32.6 Å². The summed E-state index contributed by atoms with van der Waals surface area (Å²) in [6.45, 7) is 2.15. The van der Waals surface area contributed by atoms with Crippen LogP contribution in [0.3, 0.4) is 0 Å². The van der Waals surface area contributed by atoms with Gasteiger partial charge < -0.3 is 0 Å². The second kappa shape index (κ2) is 6.23. The van der Waals surface area contributed by atoms with Crippen LogP contribution in [0.25, 0.3) is 0 Å². The van der Waals surface area contributed by atoms with E-state index >= 15 is 0 Å². The molecule has 0 fully saturated rings. The molecule has 3 heteroatoms. The van der Waals surface area contributed by atoms with Crippen LogP contribution in [0.15, 0.2) is 0 Å². The van der Waals surface area contributed by atoms with E-state index in [1.165, 1.54) is 19.3 Å². The van der Waals surface area contributed by atoms with E-state index in [9.17, 15) is 4.21 Å². The van der Waals surface area contributed by atoms with Crippen molar-refractivity contribution in [3.63, 3.8) is 0 Å². The first-order valence-electron chi connectivity index (χ1n) is 3.40. The molecule has 1 atom stereocenters. The highest BCUT2D eigenvalue weighted by molar-refractivity contribution is 7.82. The van der Waals surface area contributed by atoms with Crippen molar-refractivity contribution >= 4 is 11.0 Å². The van der Waals surface area contributed by atoms with Gasteiger partial charge in [-0.3, -0.25) is 5.14 Å². The van der Waals surface area contributed by atoms with Crippen molar-refractivity contribution < 1.29 is 4.21 Å². The third kappa shape index (κ3) is 8.11. The maximum Gasteiger partial charge on any atom is 0.0887 e. The molecule has 0 bridgehead atoms. The van der Waals surface area contributed by atoms with Crippen molar-refractivity contribution in [2.24, 2.45) is 5.14 Å². The molecule has 2 nitrogen and oxygen atoms in total. The van der Waals surface area contributed by atoms with Crippen molar-refractivity contribution in [2.45, 2.75) is 32.6 Å². The summed E-state index contributed by atoms with van der Waals surface area (Å²) < 4.78 is 10.3. The van der Waals surface area contributed by atoms with E-state index in [0.717, 1.165) is 6.42 Å². The Kier molecular flexibility index (Phi) is 6.31. The number of unbranched alkanes of at least 4 members (excludes halogenated alkanes) is 3. The molecule has 2 N–H and O–H groups in total. The summed E-state index contributed by atoms with van der Waals surface area (Å²) in [5.74, 6) is 0.667. The molecule has 0 spiro atoms. The lowest BCUT2D eigenvalue weighted by atomic mass is 10.2. The van der Waals surface area contributed by atoms with E-state index in [2.05, 4.69) is 6.92 Å². The second-order valence-corrected chi connectivity index (χ2v) is 3.32. The zero-order chi connectivity index (χ0) is 7.11. The maximum atomic E-state index is 10.3. The van der Waals surface area contributed by atoms with Gasteiger partial charge in [0.1, 0.15) is 0 Å². The molecule has 1 unspecified atom stereocenters. The first kappa shape index (κ1) is 9.11. The lowest BCUT2D eigenvalue weighted by Crippen LogP contribution is -2.06. The van der Waals surface area contributed by atoms with E-state index in [4.69, 9.17) is 5.14 Å². The minimum Gasteiger partial charge on any atom is -0.252 e. The van der Waals surface area contributed by atoms with E-state index in [1.807, 2.05) is 0 Å². The quantitative estimate of drug-likeness (QED) is 0.586. The van der Waals surface area contributed by atoms with Crippen molar-refractivity contribution in [1.82, 2.24) is 0 Å². The smallest absolute Gasteiger partial charge is 0.0887 e. The lowest BCUT2D eigenvalue weighted by molar-refractivity contribution is 0.669. The molecular weight excluding hydrogens is 134 g/mol. The van der Waals surface area contributed by atoms with Crippen molar-refractivity contribution in [2.75, 3.05) is 5.75 Å². The van der Waals surface area contributed by atoms with Crippen LogP contribution >= 0.6 is 0 Å². The first-order chi connectivity index (χ1) is 4.27. The predicted molar refractivity (Wildman–Crippen MR) is 41.3 cm³/mol. The molecule has 0 aromatic rings. The summed E-state index contributed by atoms with van der Waals surface area (Å²) in [6.07, 6.45) is 4.63. The zero-order valence-corrected chi connectivity index (χ0v) is 6.75. The number of rotatable bonds is 5. The predicted octanol–water partition coefficient (Wildman–Crippen LogP) is 1.19. The lowest BCUT2D eigenvalue weighted by Gasteiger charge is -1.94. The molecule has 0 radical (unpaired) electrons. The van der Waals surface area contributed by atoms with Crippen molar-refractivity contribution in [3.8, 4) is 0 Å². The summed E-state index contributed by atoms with van der Waals surface area (Å²) >= 11 is 0. The largest absolute Gasteiger partial charge is 0.252 e. The fraction of sp³-hybridized carbons (Fsp3) is 1.00. The highest BCUT2D eigenvalue weighted by atomic mass is 32.2. The Hall–Kier alpha value is 0.110. The molecule has 0 heterocycles. The van der Waals surface area contributed by atoms with Gasteiger partial charge >= 0.3 is 0 Å². The average Bonchev–Trinajstić information content (AvgIpc) is 1.80. The Morgan fingerprint density at radius 2 is 2.00 bits per heavy atom. The van der Waals surface area contributed by atoms with Crippen LogP contribution in [0.4, 0.5) is 0 Å². The molecule has 9 heavy (non-hydrogen) atoms. The maximum absolute atomic E-state index is 10.3. The summed E-state index contributed by atoms with van der Waals surface area (Å²) in [5, 5.41) is 5.05. The SMILES string of the molecule is CCCCCCS(N)=O. The summed E-state index contributed by atoms with van der Waals surface area (Å²) in [5.41, 5.74) is 0. The number of hydrogen-bond acceptors (Lipinski definition) is 1. The van der Waals surface area contributed by atoms with Gasteiger partial charge in [-0.05, 0) is 6.42 Å². The Morgan fingerprint density at radius 3 is 2.44 bits per heavy atom. The number of hydrogen-bond donors (Lipinski definition) is 1. The van der Waals surface area contributed by atoms with Crippen LogP contribution in [-0.4, -0.2) is 9.96 Å². The first-order valence-corrected chi connectivity index (χ1v) is 4.78. The normalized spacial score (nSPS) is 13.6. The van der Waals surface area contributed by atoms with Crippen LogP contribution in [0.2, 0.25) is 0 Å². The fourth-order valence-electron chi connectivity index (χ4n) is 0.671. The van der Waals surface area contributed by atoms with Gasteiger partial charge in [0.15, 0.2) is 0 Å². The molecule has 0 amide bonds. The van der Waals surface area contributed by atoms with Crippen LogP contribution in [0, 0.1) is 0 Å². The van der Waals surface area contributed by atoms with Crippen LogP contribution in [0.5, 0.6) is 0 Å². The average molecular weight is 149 g/mol. The monoisotopic (exact) mass is 149 g/mol. The third-order valence-electron chi connectivity index (χ3n) is 1.20. The summed E-state index contributed by atoms with van der Waals surface area (Å²) in [7, 11) is -1.07. The van der Waals surface area contributed by atoms with E-state index in [0.29, 0.717) is 5.75 Å². The van der Waals surface area contributed by atoms with Crippen molar-refractivity contribution in [1.29, 1.82) is 0 Å². The Morgan fingerprint density at radius 1 is 1.33 bits per heavy atom. The van der Waals surface area contributed by atoms with Gasteiger partial charge in [0.25, 0.3) is 0 Å². The Bertz CT molecular complexity index is 85.1. The third-order valence-corrected chi connectivity index (χ3v) is 1.89. The fourth-order valence-corrected chi connectivity index (χ4v) is 1.16. The van der Waals surface area contributed by atoms with Gasteiger partial charge in [-0.2, -0.15) is 0 Å². The van der Waals surface area contributed by atoms with Gasteiger partial charge in [-0.15, -0.1) is 0 Å². The van der Waals surface area contributed by atoms with E-state index < -0.39 is 11.0 Å². The molecule has 0 aromatic carbocycles. The van der Waals surface area contributed by atoms with Crippen molar-refractivity contribution in [3.05, 3.63) is 0 Å². The Labute approximate surface area is 59.4 Å². The van der Waals surface area contributed by atoms with Gasteiger partial charge in [-0.25, -0.2) is 4.21 Å². The molecule has 0 aliphatic heterocycles. The summed E-state index contributed by atoms with van der Waals surface area (Å²) in [4.78, 5) is 0. The molecule has 0 aliphatic carbocycles. The zero-order valence-electron chi connectivity index (χ0n) is 5.93. The molecule has 0 rings (SSSR count). The molecule has 0 aliphatic rings. The van der Waals surface area contributed by atoms with Gasteiger partial charge in [0, 0.05) is 5.75 Å². The molecule has 56 valence electrons. The highest BCUT2D eigenvalue weighted by Crippen LogP contribution is 1.98. The van der Waals surface area contributed by atoms with Gasteiger partial charge in [0.05, 0.1) is 11.0 Å². The van der Waals surface area contributed by atoms with Gasteiger partial charge in [0.2, 0.25) is 0 Å². The minimum absolute atomic E-state index is 0.667. The molecular formula is C6H15NOS. The highest BCUT2D eigenvalue weighted by Gasteiger charge is 1.90. The standard InChI is InChI=1S/C6H15NOS/c1-2-3-4-5-6-9(7)8/h2-7H2,1H3. The second-order valence-electron chi connectivity index (χ2n) is 2.15. The summed E-state index contributed by atoms with van der Waals surface area (Å²) in [6, 6.07) is 0. The van der Waals surface area contributed by atoms with Crippen LogP contribution in [-0.2, 0) is 11.0 Å². The Balaban J connectivity index is 2.83. The number of nitrogens with two attached hydrogens (primary N) is 1. The molecule has 0 saturated carbocycles. The molecule has 0 saturated heterocycles. The van der Waals surface area contributed by atoms with E-state index in [1.54, 1.807) is 0 Å².